The molecule has 0 radical (unpaired) electrons. The van der Waals surface area contributed by atoms with E-state index in [4.69, 9.17) is 14.2 Å². The summed E-state index contributed by atoms with van der Waals surface area (Å²) in [5.74, 6) is 0. The third kappa shape index (κ3) is 3.06. The van der Waals surface area contributed by atoms with Gasteiger partial charge in [-0.25, -0.2) is 0 Å². The second-order valence-electron chi connectivity index (χ2n) is 3.67. The van der Waals surface area contributed by atoms with Crippen molar-refractivity contribution in [1.29, 1.82) is 0 Å². The lowest BCUT2D eigenvalue weighted by molar-refractivity contribution is 0.183. The SMILES string of the molecule is O=P(CCO)(OC1CC1)OC1CC1. The summed E-state index contributed by atoms with van der Waals surface area (Å²) in [5.41, 5.74) is 0. The van der Waals surface area contributed by atoms with Gasteiger partial charge >= 0.3 is 7.60 Å². The first-order valence-corrected chi connectivity index (χ1v) is 6.51. The summed E-state index contributed by atoms with van der Waals surface area (Å²) in [6.07, 6.45) is 4.28. The van der Waals surface area contributed by atoms with Crippen LogP contribution in [-0.2, 0) is 13.6 Å². The smallest absolute Gasteiger partial charge is 0.333 e. The average Bonchev–Trinajstić information content (AvgIpc) is 2.85. The summed E-state index contributed by atoms with van der Waals surface area (Å²) < 4.78 is 22.5. The second kappa shape index (κ2) is 3.70. The molecule has 2 rings (SSSR count). The summed E-state index contributed by atoms with van der Waals surface area (Å²) in [5, 5.41) is 8.74. The van der Waals surface area contributed by atoms with E-state index in [1.54, 1.807) is 0 Å². The lowest BCUT2D eigenvalue weighted by atomic mass is 10.9. The summed E-state index contributed by atoms with van der Waals surface area (Å²) in [6, 6.07) is 0. The van der Waals surface area contributed by atoms with Gasteiger partial charge in [0.25, 0.3) is 0 Å². The largest absolute Gasteiger partial charge is 0.396 e. The van der Waals surface area contributed by atoms with Crippen LogP contribution in [-0.4, -0.2) is 30.1 Å². The lowest BCUT2D eigenvalue weighted by Gasteiger charge is -2.16. The van der Waals surface area contributed by atoms with Crippen LogP contribution in [0.5, 0.6) is 0 Å². The molecule has 0 aromatic rings. The molecule has 2 saturated carbocycles. The van der Waals surface area contributed by atoms with E-state index in [0.717, 1.165) is 25.7 Å². The minimum Gasteiger partial charge on any atom is -0.396 e. The summed E-state index contributed by atoms with van der Waals surface area (Å²) in [4.78, 5) is 0. The first-order valence-electron chi connectivity index (χ1n) is 4.78. The zero-order valence-electron chi connectivity index (χ0n) is 7.52. The molecule has 0 aromatic carbocycles. The maximum absolute atomic E-state index is 11.9. The highest BCUT2D eigenvalue weighted by Crippen LogP contribution is 2.56. The van der Waals surface area contributed by atoms with Gasteiger partial charge in [0.1, 0.15) is 0 Å². The first kappa shape index (κ1) is 9.66. The Balaban J connectivity index is 1.86. The highest BCUT2D eigenvalue weighted by molar-refractivity contribution is 7.53. The van der Waals surface area contributed by atoms with Gasteiger partial charge in [0.15, 0.2) is 0 Å². The number of rotatable bonds is 6. The van der Waals surface area contributed by atoms with Crippen LogP contribution in [0.4, 0.5) is 0 Å². The van der Waals surface area contributed by atoms with Gasteiger partial charge in [0.2, 0.25) is 0 Å². The highest BCUT2D eigenvalue weighted by Gasteiger charge is 2.38. The Morgan fingerprint density at radius 2 is 1.62 bits per heavy atom. The quantitative estimate of drug-likeness (QED) is 0.669. The van der Waals surface area contributed by atoms with Crippen LogP contribution in [0.15, 0.2) is 0 Å². The van der Waals surface area contributed by atoms with E-state index in [2.05, 4.69) is 0 Å². The van der Waals surface area contributed by atoms with E-state index in [0.29, 0.717) is 0 Å². The Hall–Kier alpha value is 0.110. The van der Waals surface area contributed by atoms with Crippen molar-refractivity contribution < 1.29 is 18.7 Å². The summed E-state index contributed by atoms with van der Waals surface area (Å²) in [6.45, 7) is -0.128. The molecule has 13 heavy (non-hydrogen) atoms. The van der Waals surface area contributed by atoms with Crippen LogP contribution in [0.3, 0.4) is 0 Å². The molecule has 0 heterocycles. The zero-order chi connectivity index (χ0) is 9.31. The van der Waals surface area contributed by atoms with Crippen LogP contribution in [0.2, 0.25) is 0 Å². The number of aliphatic hydroxyl groups excluding tert-OH is 1. The minimum absolute atomic E-state index is 0.121. The van der Waals surface area contributed by atoms with Crippen LogP contribution >= 0.6 is 7.60 Å². The normalized spacial score (nSPS) is 23.5. The Kier molecular flexibility index (Phi) is 2.75. The molecule has 0 amide bonds. The first-order chi connectivity index (χ1) is 6.22. The fraction of sp³-hybridized carbons (Fsp3) is 1.00. The predicted molar refractivity (Wildman–Crippen MR) is 47.8 cm³/mol. The van der Waals surface area contributed by atoms with Gasteiger partial charge < -0.3 is 14.2 Å². The van der Waals surface area contributed by atoms with Gasteiger partial charge in [-0.2, -0.15) is 0 Å². The van der Waals surface area contributed by atoms with E-state index in [1.807, 2.05) is 0 Å². The maximum Gasteiger partial charge on any atom is 0.333 e. The predicted octanol–water partition coefficient (Wildman–Crippen LogP) is 1.53. The van der Waals surface area contributed by atoms with Gasteiger partial charge in [-0.3, -0.25) is 4.57 Å². The van der Waals surface area contributed by atoms with Crippen LogP contribution in [0.25, 0.3) is 0 Å². The Labute approximate surface area is 77.8 Å². The molecule has 0 bridgehead atoms. The maximum atomic E-state index is 11.9. The number of aliphatic hydroxyl groups is 1. The van der Waals surface area contributed by atoms with E-state index < -0.39 is 7.60 Å². The topological polar surface area (TPSA) is 55.8 Å². The van der Waals surface area contributed by atoms with Gasteiger partial charge in [-0.05, 0) is 25.7 Å². The van der Waals surface area contributed by atoms with Crippen LogP contribution in [0, 0.1) is 0 Å². The van der Waals surface area contributed by atoms with Gasteiger partial charge in [-0.1, -0.05) is 0 Å². The van der Waals surface area contributed by atoms with E-state index in [1.165, 1.54) is 0 Å². The highest BCUT2D eigenvalue weighted by atomic mass is 31.2. The van der Waals surface area contributed by atoms with Crippen LogP contribution < -0.4 is 0 Å². The van der Waals surface area contributed by atoms with Crippen molar-refractivity contribution in [2.24, 2.45) is 0 Å². The zero-order valence-corrected chi connectivity index (χ0v) is 8.41. The Morgan fingerprint density at radius 1 is 1.15 bits per heavy atom. The van der Waals surface area contributed by atoms with Gasteiger partial charge in [0.05, 0.1) is 25.0 Å². The van der Waals surface area contributed by atoms with Gasteiger partial charge in [-0.15, -0.1) is 0 Å². The van der Waals surface area contributed by atoms with Crippen molar-refractivity contribution in [2.45, 2.75) is 37.9 Å². The minimum atomic E-state index is -2.96. The summed E-state index contributed by atoms with van der Waals surface area (Å²) >= 11 is 0. The fourth-order valence-corrected chi connectivity index (χ4v) is 2.89. The van der Waals surface area contributed by atoms with E-state index >= 15 is 0 Å². The third-order valence-corrected chi connectivity index (χ3v) is 4.03. The molecule has 0 atom stereocenters. The second-order valence-corrected chi connectivity index (χ2v) is 5.76. The van der Waals surface area contributed by atoms with Crippen molar-refractivity contribution in [1.82, 2.24) is 0 Å². The van der Waals surface area contributed by atoms with Crippen molar-refractivity contribution in [3.8, 4) is 0 Å². The molecule has 0 saturated heterocycles. The number of hydrogen-bond donors (Lipinski definition) is 1. The molecule has 1 N–H and O–H groups in total. The molecule has 2 fully saturated rings. The molecular weight excluding hydrogens is 191 g/mol. The van der Waals surface area contributed by atoms with Crippen molar-refractivity contribution in [2.75, 3.05) is 12.8 Å². The number of hydrogen-bond acceptors (Lipinski definition) is 4. The monoisotopic (exact) mass is 206 g/mol. The third-order valence-electron chi connectivity index (χ3n) is 2.04. The molecule has 0 unspecified atom stereocenters. The molecule has 0 aliphatic heterocycles. The molecule has 2 aliphatic carbocycles. The Morgan fingerprint density at radius 3 is 1.92 bits per heavy atom. The van der Waals surface area contributed by atoms with Crippen molar-refractivity contribution in [3.63, 3.8) is 0 Å². The van der Waals surface area contributed by atoms with E-state index in [9.17, 15) is 4.57 Å². The van der Waals surface area contributed by atoms with Crippen molar-refractivity contribution >= 4 is 7.60 Å². The standard InChI is InChI=1S/C8H15O4P/c9-5-6-13(10,11-7-1-2-7)12-8-3-4-8/h7-9H,1-6H2. The van der Waals surface area contributed by atoms with Crippen LogP contribution in [0.1, 0.15) is 25.7 Å². The average molecular weight is 206 g/mol. The molecule has 0 aromatic heterocycles. The molecule has 4 nitrogen and oxygen atoms in total. The molecule has 5 heteroatoms. The molecule has 0 spiro atoms. The van der Waals surface area contributed by atoms with E-state index in [-0.39, 0.29) is 25.0 Å². The summed E-state index contributed by atoms with van der Waals surface area (Å²) in [7, 11) is -2.96. The molecular formula is C8H15O4P. The Bertz CT molecular complexity index is 204. The van der Waals surface area contributed by atoms with Crippen molar-refractivity contribution in [3.05, 3.63) is 0 Å². The fourth-order valence-electron chi connectivity index (χ4n) is 1.05. The molecule has 76 valence electrons. The molecule has 2 aliphatic rings. The lowest BCUT2D eigenvalue weighted by Crippen LogP contribution is -2.05. The van der Waals surface area contributed by atoms with Gasteiger partial charge in [0, 0.05) is 0 Å².